The van der Waals surface area contributed by atoms with E-state index in [0.717, 1.165) is 6.54 Å². The van der Waals surface area contributed by atoms with Crippen molar-refractivity contribution in [2.45, 2.75) is 33.1 Å². The quantitative estimate of drug-likeness (QED) is 0.843. The summed E-state index contributed by atoms with van der Waals surface area (Å²) in [4.78, 5) is 12.0. The third-order valence-corrected chi connectivity index (χ3v) is 3.79. The monoisotopic (exact) mass is 233 g/mol. The number of rotatable bonds is 3. The summed E-state index contributed by atoms with van der Waals surface area (Å²) in [6.45, 7) is 4.68. The van der Waals surface area contributed by atoms with Crippen LogP contribution in [0.25, 0.3) is 0 Å². The maximum Gasteiger partial charge on any atom is 0.251 e. The van der Waals surface area contributed by atoms with Gasteiger partial charge >= 0.3 is 0 Å². The molecule has 1 amide bonds. The van der Waals surface area contributed by atoms with Gasteiger partial charge in [0.1, 0.15) is 5.75 Å². The smallest absolute Gasteiger partial charge is 0.251 e. The molecule has 1 aromatic rings. The van der Waals surface area contributed by atoms with Crippen LogP contribution in [0.4, 0.5) is 0 Å². The van der Waals surface area contributed by atoms with Crippen LogP contribution >= 0.6 is 0 Å². The molecule has 0 atom stereocenters. The number of phenols is 1. The summed E-state index contributed by atoms with van der Waals surface area (Å²) in [5, 5.41) is 12.5. The zero-order chi connectivity index (χ0) is 12.5. The summed E-state index contributed by atoms with van der Waals surface area (Å²) >= 11 is 0. The highest BCUT2D eigenvalue weighted by atomic mass is 16.3. The molecule has 0 radical (unpaired) electrons. The molecule has 0 spiro atoms. The summed E-state index contributed by atoms with van der Waals surface area (Å²) < 4.78 is 0. The SMILES string of the molecule is Cc1c(O)cccc1C(=O)NCC1(C)CCC1. The normalized spacial score (nSPS) is 17.3. The molecule has 2 N–H and O–H groups in total. The molecule has 1 saturated carbocycles. The Kier molecular flexibility index (Phi) is 3.09. The lowest BCUT2D eigenvalue weighted by Crippen LogP contribution is -2.40. The van der Waals surface area contributed by atoms with E-state index in [9.17, 15) is 9.90 Å². The molecule has 0 unspecified atom stereocenters. The number of carbonyl (C=O) groups excluding carboxylic acids is 1. The van der Waals surface area contributed by atoms with Crippen molar-refractivity contribution in [3.63, 3.8) is 0 Å². The van der Waals surface area contributed by atoms with Crippen molar-refractivity contribution < 1.29 is 9.90 Å². The standard InChI is InChI=1S/C14H19NO2/c1-10-11(5-3-6-12(10)16)13(17)15-9-14(2)7-4-8-14/h3,5-6,16H,4,7-9H2,1-2H3,(H,15,17). The Bertz CT molecular complexity index is 436. The molecule has 2 rings (SSSR count). The van der Waals surface area contributed by atoms with E-state index < -0.39 is 0 Å². The topological polar surface area (TPSA) is 49.3 Å². The van der Waals surface area contributed by atoms with Crippen molar-refractivity contribution in [1.82, 2.24) is 5.32 Å². The maximum absolute atomic E-state index is 12.0. The first-order chi connectivity index (χ1) is 8.02. The van der Waals surface area contributed by atoms with Crippen LogP contribution in [-0.4, -0.2) is 17.6 Å². The molecule has 0 saturated heterocycles. The molecule has 1 aromatic carbocycles. The molecular weight excluding hydrogens is 214 g/mol. The van der Waals surface area contributed by atoms with Crippen LogP contribution in [0, 0.1) is 12.3 Å². The molecule has 92 valence electrons. The molecule has 0 aromatic heterocycles. The number of carbonyl (C=O) groups is 1. The van der Waals surface area contributed by atoms with E-state index in [4.69, 9.17) is 0 Å². The third-order valence-electron chi connectivity index (χ3n) is 3.79. The van der Waals surface area contributed by atoms with Crippen molar-refractivity contribution in [1.29, 1.82) is 0 Å². The van der Waals surface area contributed by atoms with Gasteiger partial charge in [0.15, 0.2) is 0 Å². The molecule has 1 fully saturated rings. The highest BCUT2D eigenvalue weighted by Crippen LogP contribution is 2.39. The van der Waals surface area contributed by atoms with Gasteiger partial charge in [0.05, 0.1) is 0 Å². The molecule has 1 aliphatic carbocycles. The van der Waals surface area contributed by atoms with E-state index in [1.165, 1.54) is 19.3 Å². The Morgan fingerprint density at radius 3 is 2.76 bits per heavy atom. The second-order valence-electron chi connectivity index (χ2n) is 5.30. The van der Waals surface area contributed by atoms with Crippen molar-refractivity contribution in [2.24, 2.45) is 5.41 Å². The van der Waals surface area contributed by atoms with Gasteiger partial charge in [-0.1, -0.05) is 19.4 Å². The van der Waals surface area contributed by atoms with E-state index in [1.54, 1.807) is 25.1 Å². The lowest BCUT2D eigenvalue weighted by molar-refractivity contribution is 0.0890. The average molecular weight is 233 g/mol. The van der Waals surface area contributed by atoms with Crippen LogP contribution < -0.4 is 5.32 Å². The maximum atomic E-state index is 12.0. The van der Waals surface area contributed by atoms with Gasteiger partial charge in [-0.2, -0.15) is 0 Å². The Morgan fingerprint density at radius 1 is 1.47 bits per heavy atom. The van der Waals surface area contributed by atoms with Crippen LogP contribution in [0.5, 0.6) is 5.75 Å². The van der Waals surface area contributed by atoms with Gasteiger partial charge in [-0.05, 0) is 37.3 Å². The van der Waals surface area contributed by atoms with Gasteiger partial charge in [-0.25, -0.2) is 0 Å². The van der Waals surface area contributed by atoms with Gasteiger partial charge in [0.25, 0.3) is 5.91 Å². The Hall–Kier alpha value is -1.51. The van der Waals surface area contributed by atoms with E-state index in [0.29, 0.717) is 11.1 Å². The number of amides is 1. The third kappa shape index (κ3) is 2.43. The van der Waals surface area contributed by atoms with Crippen LogP contribution in [0.15, 0.2) is 18.2 Å². The van der Waals surface area contributed by atoms with Crippen molar-refractivity contribution in [3.8, 4) is 5.75 Å². The summed E-state index contributed by atoms with van der Waals surface area (Å²) in [7, 11) is 0. The molecular formula is C14H19NO2. The van der Waals surface area contributed by atoms with E-state index in [-0.39, 0.29) is 17.1 Å². The largest absolute Gasteiger partial charge is 0.508 e. The van der Waals surface area contributed by atoms with Crippen molar-refractivity contribution in [3.05, 3.63) is 29.3 Å². The van der Waals surface area contributed by atoms with Gasteiger partial charge in [0, 0.05) is 17.7 Å². The van der Waals surface area contributed by atoms with Crippen LogP contribution in [0.1, 0.15) is 42.1 Å². The highest BCUT2D eigenvalue weighted by Gasteiger charge is 2.32. The minimum atomic E-state index is -0.0912. The number of nitrogens with one attached hydrogen (secondary N) is 1. The first-order valence-electron chi connectivity index (χ1n) is 6.09. The number of benzene rings is 1. The second-order valence-corrected chi connectivity index (χ2v) is 5.30. The van der Waals surface area contributed by atoms with Crippen molar-refractivity contribution in [2.75, 3.05) is 6.54 Å². The first kappa shape index (κ1) is 12.0. The van der Waals surface area contributed by atoms with Crippen LogP contribution in [0.3, 0.4) is 0 Å². The molecule has 3 heteroatoms. The predicted octanol–water partition coefficient (Wildman–Crippen LogP) is 2.62. The molecule has 0 aliphatic heterocycles. The highest BCUT2D eigenvalue weighted by molar-refractivity contribution is 5.96. The summed E-state index contributed by atoms with van der Waals surface area (Å²) in [5.41, 5.74) is 1.48. The summed E-state index contributed by atoms with van der Waals surface area (Å²) in [5.74, 6) is 0.0824. The second kappa shape index (κ2) is 4.40. The van der Waals surface area contributed by atoms with Gasteiger partial charge in [-0.15, -0.1) is 0 Å². The minimum absolute atomic E-state index is 0.0912. The fraction of sp³-hybridized carbons (Fsp3) is 0.500. The lowest BCUT2D eigenvalue weighted by Gasteiger charge is -2.38. The average Bonchev–Trinajstić information content (AvgIpc) is 2.27. The fourth-order valence-electron chi connectivity index (χ4n) is 2.22. The van der Waals surface area contributed by atoms with Gasteiger partial charge in [-0.3, -0.25) is 4.79 Å². The molecule has 17 heavy (non-hydrogen) atoms. The molecule has 0 heterocycles. The van der Waals surface area contributed by atoms with Gasteiger partial charge in [0.2, 0.25) is 0 Å². The Labute approximate surface area is 102 Å². The predicted molar refractivity (Wildman–Crippen MR) is 67.1 cm³/mol. The van der Waals surface area contributed by atoms with E-state index in [1.807, 2.05) is 0 Å². The Balaban J connectivity index is 2.02. The fourth-order valence-corrected chi connectivity index (χ4v) is 2.22. The molecule has 3 nitrogen and oxygen atoms in total. The number of phenolic OH excluding ortho intramolecular Hbond substituents is 1. The zero-order valence-electron chi connectivity index (χ0n) is 10.4. The first-order valence-corrected chi connectivity index (χ1v) is 6.09. The molecule has 0 bridgehead atoms. The minimum Gasteiger partial charge on any atom is -0.508 e. The molecule has 1 aliphatic rings. The van der Waals surface area contributed by atoms with Crippen LogP contribution in [0.2, 0.25) is 0 Å². The number of hydrogen-bond acceptors (Lipinski definition) is 2. The van der Waals surface area contributed by atoms with Crippen molar-refractivity contribution >= 4 is 5.91 Å². The van der Waals surface area contributed by atoms with E-state index >= 15 is 0 Å². The zero-order valence-corrected chi connectivity index (χ0v) is 10.4. The Morgan fingerprint density at radius 2 is 2.18 bits per heavy atom. The number of hydrogen-bond donors (Lipinski definition) is 2. The van der Waals surface area contributed by atoms with E-state index in [2.05, 4.69) is 12.2 Å². The lowest BCUT2D eigenvalue weighted by atomic mass is 9.70. The van der Waals surface area contributed by atoms with Gasteiger partial charge < -0.3 is 10.4 Å². The summed E-state index contributed by atoms with van der Waals surface area (Å²) in [6, 6.07) is 5.04. The summed E-state index contributed by atoms with van der Waals surface area (Å²) in [6.07, 6.45) is 3.64. The number of aromatic hydroxyl groups is 1. The van der Waals surface area contributed by atoms with Crippen LogP contribution in [-0.2, 0) is 0 Å².